The second-order valence-corrected chi connectivity index (χ2v) is 7.85. The van der Waals surface area contributed by atoms with E-state index in [9.17, 15) is 4.79 Å². The van der Waals surface area contributed by atoms with E-state index in [0.29, 0.717) is 6.42 Å². The number of carbonyl (C=O) groups is 1. The molecule has 2 nitrogen and oxygen atoms in total. The fourth-order valence-electron chi connectivity index (χ4n) is 3.36. The van der Waals surface area contributed by atoms with Crippen molar-refractivity contribution in [3.8, 4) is 12.8 Å². The van der Waals surface area contributed by atoms with Gasteiger partial charge in [0.15, 0.2) is 0 Å². The molecule has 30 heavy (non-hydrogen) atoms. The Bertz CT molecular complexity index is 590. The van der Waals surface area contributed by atoms with Crippen LogP contribution in [0.2, 0.25) is 0 Å². The average molecular weight is 411 g/mol. The zero-order chi connectivity index (χ0) is 22.5. The molecule has 0 saturated heterocycles. The van der Waals surface area contributed by atoms with Crippen LogP contribution >= 0.6 is 0 Å². The van der Waals surface area contributed by atoms with Crippen molar-refractivity contribution >= 4 is 5.97 Å². The first-order valence-electron chi connectivity index (χ1n) is 11.5. The lowest BCUT2D eigenvalue weighted by molar-refractivity contribution is -0.147. The lowest BCUT2D eigenvalue weighted by Crippen LogP contribution is -2.10. The standard InChI is InChI=1S/C16H22.C10H18O2.C2H2/c1-3-9-15(10-4-1)11-5-2-6-12-16-13-7-8-14-16;1-4-5-6-7-8-10(11)12-9(2)3;1-2/h1,3-4,6,9-10,12,16H,2,5,7-8,11,13-14H2;4-5,9H,6-8H2,1-3H3;1-2H/b12-6+;5-4-;. The molecular weight excluding hydrogens is 368 g/mol. The van der Waals surface area contributed by atoms with E-state index < -0.39 is 0 Å². The monoisotopic (exact) mass is 410 g/mol. The first-order valence-corrected chi connectivity index (χ1v) is 11.5. The van der Waals surface area contributed by atoms with E-state index >= 15 is 0 Å². The van der Waals surface area contributed by atoms with E-state index in [-0.39, 0.29) is 12.1 Å². The Morgan fingerprint density at radius 3 is 2.30 bits per heavy atom. The molecule has 0 heterocycles. The molecule has 0 N–H and O–H groups in total. The normalized spacial score (nSPS) is 13.7. The van der Waals surface area contributed by atoms with Crippen molar-refractivity contribution in [3.05, 3.63) is 60.2 Å². The number of unbranched alkanes of at least 4 members (excludes halogenated alkanes) is 2. The molecule has 0 radical (unpaired) electrons. The van der Waals surface area contributed by atoms with E-state index in [0.717, 1.165) is 18.8 Å². The first-order chi connectivity index (χ1) is 14.6. The third kappa shape index (κ3) is 16.7. The van der Waals surface area contributed by atoms with E-state index in [4.69, 9.17) is 4.74 Å². The molecule has 2 rings (SSSR count). The Hall–Kier alpha value is -2.27. The number of esters is 1. The summed E-state index contributed by atoms with van der Waals surface area (Å²) in [7, 11) is 0. The van der Waals surface area contributed by atoms with Crippen molar-refractivity contribution in [2.75, 3.05) is 0 Å². The van der Waals surface area contributed by atoms with Gasteiger partial charge in [-0.05, 0) is 77.2 Å². The number of ether oxygens (including phenoxy) is 1. The molecule has 0 aromatic heterocycles. The minimum absolute atomic E-state index is 0.0132. The Morgan fingerprint density at radius 1 is 1.07 bits per heavy atom. The number of allylic oxidation sites excluding steroid dienone is 4. The fourth-order valence-corrected chi connectivity index (χ4v) is 3.36. The quantitative estimate of drug-likeness (QED) is 0.171. The number of aryl methyl sites for hydroxylation is 1. The lowest BCUT2D eigenvalue weighted by Gasteiger charge is -2.06. The summed E-state index contributed by atoms with van der Waals surface area (Å²) in [6.45, 7) is 5.71. The highest BCUT2D eigenvalue weighted by Gasteiger charge is 2.10. The molecule has 0 spiro atoms. The molecule has 1 aromatic carbocycles. The summed E-state index contributed by atoms with van der Waals surface area (Å²) >= 11 is 0. The molecule has 0 unspecified atom stereocenters. The summed E-state index contributed by atoms with van der Waals surface area (Å²) in [5.74, 6) is 0.811. The van der Waals surface area contributed by atoms with Crippen molar-refractivity contribution in [2.24, 2.45) is 5.92 Å². The number of hydrogen-bond acceptors (Lipinski definition) is 2. The van der Waals surface area contributed by atoms with Crippen LogP contribution in [-0.2, 0) is 16.0 Å². The minimum Gasteiger partial charge on any atom is -0.463 e. The molecule has 0 bridgehead atoms. The molecule has 1 fully saturated rings. The summed E-state index contributed by atoms with van der Waals surface area (Å²) in [5.41, 5.74) is 1.47. The van der Waals surface area contributed by atoms with Crippen LogP contribution in [0.5, 0.6) is 0 Å². The third-order valence-corrected chi connectivity index (χ3v) is 4.84. The highest BCUT2D eigenvalue weighted by Crippen LogP contribution is 2.25. The Labute approximate surface area is 185 Å². The van der Waals surface area contributed by atoms with Crippen molar-refractivity contribution in [2.45, 2.75) is 91.1 Å². The van der Waals surface area contributed by atoms with Crippen LogP contribution in [0.3, 0.4) is 0 Å². The van der Waals surface area contributed by atoms with Crippen molar-refractivity contribution in [1.29, 1.82) is 0 Å². The number of rotatable bonds is 10. The van der Waals surface area contributed by atoms with Crippen LogP contribution in [0, 0.1) is 18.8 Å². The zero-order valence-corrected chi connectivity index (χ0v) is 19.4. The summed E-state index contributed by atoms with van der Waals surface area (Å²) in [6.07, 6.45) is 28.8. The van der Waals surface area contributed by atoms with Crippen LogP contribution in [0.25, 0.3) is 0 Å². The maximum absolute atomic E-state index is 11.0. The van der Waals surface area contributed by atoms with Gasteiger partial charge in [-0.15, -0.1) is 12.8 Å². The topological polar surface area (TPSA) is 26.3 Å². The van der Waals surface area contributed by atoms with Gasteiger partial charge in [0.25, 0.3) is 0 Å². The highest BCUT2D eigenvalue weighted by atomic mass is 16.5. The Balaban J connectivity index is 0.000000540. The molecule has 2 heteroatoms. The van der Waals surface area contributed by atoms with E-state index in [1.165, 1.54) is 50.5 Å². The molecule has 0 aliphatic heterocycles. The summed E-state index contributed by atoms with van der Waals surface area (Å²) in [5, 5.41) is 0. The molecular formula is C28H42O2. The summed E-state index contributed by atoms with van der Waals surface area (Å²) in [6, 6.07) is 10.8. The van der Waals surface area contributed by atoms with Crippen molar-refractivity contribution < 1.29 is 9.53 Å². The molecule has 1 aliphatic rings. The van der Waals surface area contributed by atoms with Gasteiger partial charge in [0.05, 0.1) is 6.10 Å². The van der Waals surface area contributed by atoms with Gasteiger partial charge in [-0.1, -0.05) is 67.5 Å². The largest absolute Gasteiger partial charge is 0.463 e. The predicted molar refractivity (Wildman–Crippen MR) is 130 cm³/mol. The molecule has 1 saturated carbocycles. The minimum atomic E-state index is -0.0884. The zero-order valence-electron chi connectivity index (χ0n) is 19.4. The Kier molecular flexibility index (Phi) is 18.5. The first kappa shape index (κ1) is 27.7. The highest BCUT2D eigenvalue weighted by molar-refractivity contribution is 5.69. The summed E-state index contributed by atoms with van der Waals surface area (Å²) < 4.78 is 4.97. The van der Waals surface area contributed by atoms with E-state index in [2.05, 4.69) is 61.4 Å². The van der Waals surface area contributed by atoms with Gasteiger partial charge in [-0.25, -0.2) is 0 Å². The van der Waals surface area contributed by atoms with Crippen molar-refractivity contribution in [1.82, 2.24) is 0 Å². The third-order valence-electron chi connectivity index (χ3n) is 4.84. The van der Waals surface area contributed by atoms with Gasteiger partial charge >= 0.3 is 5.97 Å². The van der Waals surface area contributed by atoms with Gasteiger partial charge in [0.1, 0.15) is 0 Å². The lowest BCUT2D eigenvalue weighted by atomic mass is 10.1. The molecule has 0 amide bonds. The summed E-state index contributed by atoms with van der Waals surface area (Å²) in [4.78, 5) is 11.0. The second-order valence-electron chi connectivity index (χ2n) is 7.85. The molecule has 166 valence electrons. The maximum atomic E-state index is 11.0. The second kappa shape index (κ2) is 20.0. The van der Waals surface area contributed by atoms with Crippen LogP contribution in [0.15, 0.2) is 54.6 Å². The van der Waals surface area contributed by atoms with Gasteiger partial charge < -0.3 is 4.74 Å². The smallest absolute Gasteiger partial charge is 0.306 e. The number of hydrogen-bond donors (Lipinski definition) is 0. The van der Waals surface area contributed by atoms with E-state index in [1.54, 1.807) is 0 Å². The molecule has 1 aromatic rings. The van der Waals surface area contributed by atoms with Crippen molar-refractivity contribution in [3.63, 3.8) is 0 Å². The van der Waals surface area contributed by atoms with Gasteiger partial charge in [0, 0.05) is 6.42 Å². The maximum Gasteiger partial charge on any atom is 0.306 e. The molecule has 0 atom stereocenters. The van der Waals surface area contributed by atoms with Gasteiger partial charge in [-0.2, -0.15) is 0 Å². The average Bonchev–Trinajstić information content (AvgIpc) is 3.27. The number of benzene rings is 1. The fraction of sp³-hybridized carbons (Fsp3) is 0.536. The number of carbonyl (C=O) groups excluding carboxylic acids is 1. The predicted octanol–water partition coefficient (Wildman–Crippen LogP) is 7.69. The molecule has 1 aliphatic carbocycles. The SMILES string of the molecule is C#C.C(=C\C1CCCC1)/CCCc1ccccc1.C/C=C\CCCC(=O)OC(C)C. The van der Waals surface area contributed by atoms with Gasteiger partial charge in [0.2, 0.25) is 0 Å². The van der Waals surface area contributed by atoms with E-state index in [1.807, 2.05) is 26.8 Å². The van der Waals surface area contributed by atoms with Gasteiger partial charge in [-0.3, -0.25) is 4.79 Å². The number of terminal acetylenes is 1. The van der Waals surface area contributed by atoms with Crippen LogP contribution in [0.4, 0.5) is 0 Å². The van der Waals surface area contributed by atoms with Crippen LogP contribution in [-0.4, -0.2) is 12.1 Å². The Morgan fingerprint density at radius 2 is 1.70 bits per heavy atom. The van der Waals surface area contributed by atoms with Crippen LogP contribution in [0.1, 0.15) is 84.1 Å². The van der Waals surface area contributed by atoms with Crippen LogP contribution < -0.4 is 0 Å².